The predicted octanol–water partition coefficient (Wildman–Crippen LogP) is 4.90. The number of ether oxygens (including phenoxy) is 1. The number of amides is 2. The Labute approximate surface area is 217 Å². The number of aromatic nitrogens is 1. The van der Waals surface area contributed by atoms with Gasteiger partial charge in [-0.15, -0.1) is 0 Å². The van der Waals surface area contributed by atoms with Crippen molar-refractivity contribution >= 4 is 22.9 Å². The van der Waals surface area contributed by atoms with Gasteiger partial charge in [0.15, 0.2) is 0 Å². The van der Waals surface area contributed by atoms with Crippen molar-refractivity contribution in [3.05, 3.63) is 84.2 Å². The predicted molar refractivity (Wildman–Crippen MR) is 142 cm³/mol. The van der Waals surface area contributed by atoms with Crippen LogP contribution in [0, 0.1) is 5.92 Å². The van der Waals surface area contributed by atoms with Gasteiger partial charge in [0.1, 0.15) is 6.61 Å². The van der Waals surface area contributed by atoms with Gasteiger partial charge in [-0.3, -0.25) is 9.69 Å². The van der Waals surface area contributed by atoms with Gasteiger partial charge < -0.3 is 20.4 Å². The number of para-hydroxylation sites is 1. The number of nitrogens with one attached hydrogen (secondary N) is 1. The smallest absolute Gasteiger partial charge is 0.410 e. The number of likely N-dealkylation sites (tertiary alicyclic amines) is 1. The molecule has 3 N–H and O–H groups in total. The zero-order valence-electron chi connectivity index (χ0n) is 21.0. The number of hydrogen-bond acceptors (Lipinski definition) is 4. The van der Waals surface area contributed by atoms with Crippen molar-refractivity contribution in [1.29, 1.82) is 0 Å². The summed E-state index contributed by atoms with van der Waals surface area (Å²) in [6.45, 7) is 0.682. The van der Waals surface area contributed by atoms with Crippen molar-refractivity contribution < 1.29 is 14.3 Å². The SMILES string of the molecule is N[C@H](C(=O)N1C=C[C@@H]2[C@H]1[C@H](c1c[nH]c3ccccc13)CN2C(=O)OCc1ccccc1)C1CCCCC1. The second kappa shape index (κ2) is 10.1. The highest BCUT2D eigenvalue weighted by molar-refractivity contribution is 5.86. The van der Waals surface area contributed by atoms with Crippen molar-refractivity contribution in [2.45, 2.75) is 62.8 Å². The number of carbonyl (C=O) groups is 2. The molecule has 3 aromatic rings. The number of aromatic amines is 1. The van der Waals surface area contributed by atoms with E-state index in [9.17, 15) is 9.59 Å². The van der Waals surface area contributed by atoms with Crippen LogP contribution in [-0.4, -0.2) is 51.5 Å². The minimum Gasteiger partial charge on any atom is -0.445 e. The summed E-state index contributed by atoms with van der Waals surface area (Å²) in [7, 11) is 0. The fraction of sp³-hybridized carbons (Fsp3) is 0.400. The van der Waals surface area contributed by atoms with E-state index in [4.69, 9.17) is 10.5 Å². The van der Waals surface area contributed by atoms with Gasteiger partial charge in [0.2, 0.25) is 5.91 Å². The van der Waals surface area contributed by atoms with Crippen LogP contribution in [-0.2, 0) is 16.1 Å². The van der Waals surface area contributed by atoms with E-state index in [2.05, 4.69) is 11.1 Å². The van der Waals surface area contributed by atoms with Gasteiger partial charge in [-0.2, -0.15) is 0 Å². The van der Waals surface area contributed by atoms with E-state index in [1.807, 2.05) is 71.9 Å². The summed E-state index contributed by atoms with van der Waals surface area (Å²) < 4.78 is 5.73. The number of nitrogens with two attached hydrogens (primary N) is 1. The van der Waals surface area contributed by atoms with Crippen LogP contribution in [0.4, 0.5) is 4.79 Å². The maximum absolute atomic E-state index is 13.8. The van der Waals surface area contributed by atoms with Gasteiger partial charge >= 0.3 is 6.09 Å². The van der Waals surface area contributed by atoms with E-state index < -0.39 is 6.04 Å². The third-order valence-corrected chi connectivity index (χ3v) is 8.44. The molecule has 37 heavy (non-hydrogen) atoms. The second-order valence-electron chi connectivity index (χ2n) is 10.6. The molecule has 1 saturated carbocycles. The van der Waals surface area contributed by atoms with Gasteiger partial charge in [0.05, 0.1) is 18.1 Å². The molecule has 0 spiro atoms. The molecule has 4 atom stereocenters. The fourth-order valence-corrected chi connectivity index (χ4v) is 6.49. The van der Waals surface area contributed by atoms with E-state index in [1.54, 1.807) is 4.90 Å². The van der Waals surface area contributed by atoms with Gasteiger partial charge in [0, 0.05) is 35.8 Å². The average Bonchev–Trinajstić information content (AvgIpc) is 3.66. The standard InChI is InChI=1S/C30H34N4O3/c31-27(21-11-5-2-6-12-21)29(35)33-16-15-26-28(33)24(23-17-32-25-14-8-7-13-22(23)25)18-34(26)30(36)37-19-20-9-3-1-4-10-20/h1,3-4,7-10,13-17,21,24,26-28,32H,2,5-6,11-12,18-19,31H2/t24-,26+,27-,28+/m0/s1. The van der Waals surface area contributed by atoms with E-state index in [-0.39, 0.29) is 42.5 Å². The van der Waals surface area contributed by atoms with Crippen LogP contribution in [0.25, 0.3) is 10.9 Å². The highest BCUT2D eigenvalue weighted by Crippen LogP contribution is 2.43. The Hall–Kier alpha value is -3.58. The topological polar surface area (TPSA) is 91.7 Å². The first kappa shape index (κ1) is 23.8. The molecule has 6 rings (SSSR count). The van der Waals surface area contributed by atoms with E-state index >= 15 is 0 Å². The lowest BCUT2D eigenvalue weighted by Crippen LogP contribution is -2.51. The Morgan fingerprint density at radius 3 is 2.59 bits per heavy atom. The first-order chi connectivity index (χ1) is 18.1. The molecule has 2 aliphatic heterocycles. The summed E-state index contributed by atoms with van der Waals surface area (Å²) >= 11 is 0. The molecule has 1 aliphatic carbocycles. The Balaban J connectivity index is 1.28. The highest BCUT2D eigenvalue weighted by atomic mass is 16.6. The van der Waals surface area contributed by atoms with E-state index in [0.29, 0.717) is 6.54 Å². The van der Waals surface area contributed by atoms with Gasteiger partial charge in [-0.25, -0.2) is 4.79 Å². The second-order valence-corrected chi connectivity index (χ2v) is 10.6. The summed E-state index contributed by atoms with van der Waals surface area (Å²) in [5.41, 5.74) is 9.67. The molecule has 3 heterocycles. The number of H-pyrrole nitrogens is 1. The number of carbonyl (C=O) groups excluding carboxylic acids is 2. The van der Waals surface area contributed by atoms with Crippen LogP contribution in [0.5, 0.6) is 0 Å². The molecule has 2 amide bonds. The van der Waals surface area contributed by atoms with Gasteiger partial charge in [-0.1, -0.05) is 67.8 Å². The first-order valence-corrected chi connectivity index (χ1v) is 13.4. The molecular formula is C30H34N4O3. The lowest BCUT2D eigenvalue weighted by Gasteiger charge is -2.33. The van der Waals surface area contributed by atoms with Gasteiger partial charge in [-0.05, 0) is 42.0 Å². The minimum absolute atomic E-state index is 0.0417. The molecule has 192 valence electrons. The van der Waals surface area contributed by atoms with Crippen LogP contribution in [0.15, 0.2) is 73.1 Å². The number of benzene rings is 2. The third-order valence-electron chi connectivity index (χ3n) is 8.44. The molecule has 7 nitrogen and oxygen atoms in total. The van der Waals surface area contributed by atoms with E-state index in [1.165, 1.54) is 6.42 Å². The lowest BCUT2D eigenvalue weighted by molar-refractivity contribution is -0.133. The molecule has 7 heteroatoms. The van der Waals surface area contributed by atoms with Crippen molar-refractivity contribution in [3.63, 3.8) is 0 Å². The molecule has 1 aromatic heterocycles. The molecule has 2 aromatic carbocycles. The summed E-state index contributed by atoms with van der Waals surface area (Å²) in [6.07, 6.45) is 11.0. The largest absolute Gasteiger partial charge is 0.445 e. The number of nitrogens with zero attached hydrogens (tertiary/aromatic N) is 2. The van der Waals surface area contributed by atoms with Crippen molar-refractivity contribution in [1.82, 2.24) is 14.8 Å². The Kier molecular flexibility index (Phi) is 6.47. The summed E-state index contributed by atoms with van der Waals surface area (Å²) in [6, 6.07) is 16.9. The number of rotatable bonds is 5. The maximum atomic E-state index is 13.8. The normalized spacial score (nSPS) is 24.4. The van der Waals surface area contributed by atoms with Crippen LogP contribution >= 0.6 is 0 Å². The molecule has 2 fully saturated rings. The monoisotopic (exact) mass is 498 g/mol. The molecule has 0 unspecified atom stereocenters. The Morgan fingerprint density at radius 1 is 1.03 bits per heavy atom. The quantitative estimate of drug-likeness (QED) is 0.523. The van der Waals surface area contributed by atoms with Gasteiger partial charge in [0.25, 0.3) is 0 Å². The summed E-state index contributed by atoms with van der Waals surface area (Å²) in [5, 5.41) is 1.11. The minimum atomic E-state index is -0.522. The number of fused-ring (bicyclic) bond motifs is 2. The van der Waals surface area contributed by atoms with Crippen molar-refractivity contribution in [2.24, 2.45) is 11.7 Å². The third kappa shape index (κ3) is 4.42. The Morgan fingerprint density at radius 2 is 1.78 bits per heavy atom. The maximum Gasteiger partial charge on any atom is 0.410 e. The molecule has 1 saturated heterocycles. The zero-order chi connectivity index (χ0) is 25.4. The van der Waals surface area contributed by atoms with E-state index in [0.717, 1.165) is 47.7 Å². The molecule has 0 bridgehead atoms. The average molecular weight is 499 g/mol. The summed E-state index contributed by atoms with van der Waals surface area (Å²) in [4.78, 5) is 34.1. The van der Waals surface area contributed by atoms with Crippen LogP contribution in [0.2, 0.25) is 0 Å². The van der Waals surface area contributed by atoms with Crippen LogP contribution < -0.4 is 5.73 Å². The zero-order valence-corrected chi connectivity index (χ0v) is 21.0. The van der Waals surface area contributed by atoms with Crippen molar-refractivity contribution in [3.8, 4) is 0 Å². The molecule has 3 aliphatic rings. The summed E-state index contributed by atoms with van der Waals surface area (Å²) in [5.74, 6) is 0.108. The molecular weight excluding hydrogens is 464 g/mol. The fourth-order valence-electron chi connectivity index (χ4n) is 6.49. The van der Waals surface area contributed by atoms with Crippen molar-refractivity contribution in [2.75, 3.05) is 6.54 Å². The first-order valence-electron chi connectivity index (χ1n) is 13.4. The lowest BCUT2D eigenvalue weighted by atomic mass is 9.83. The van der Waals surface area contributed by atoms with Crippen LogP contribution in [0.1, 0.15) is 49.1 Å². The number of hydrogen-bond donors (Lipinski definition) is 2. The Bertz CT molecular complexity index is 1300. The highest BCUT2D eigenvalue weighted by Gasteiger charge is 2.51. The molecule has 0 radical (unpaired) electrons. The van der Waals surface area contributed by atoms with Crippen LogP contribution in [0.3, 0.4) is 0 Å².